The Morgan fingerprint density at radius 3 is 2.38 bits per heavy atom. The molecule has 0 aromatic heterocycles. The first-order valence-electron chi connectivity index (χ1n) is 10.0. The molecule has 154 valence electrons. The molecule has 0 aliphatic carbocycles. The number of carbonyl (C=O) groups is 2. The molecule has 4 heteroatoms. The van der Waals surface area contributed by atoms with E-state index in [0.29, 0.717) is 25.9 Å². The molecule has 0 amide bonds. The third kappa shape index (κ3) is 7.57. The van der Waals surface area contributed by atoms with Gasteiger partial charge >= 0.3 is 11.9 Å². The molecule has 0 aliphatic heterocycles. The van der Waals surface area contributed by atoms with Gasteiger partial charge in [-0.05, 0) is 68.9 Å². The topological polar surface area (TPSA) is 52.6 Å². The Morgan fingerprint density at radius 1 is 1.00 bits per heavy atom. The Hall–Kier alpha value is -2.88. The molecule has 0 heterocycles. The van der Waals surface area contributed by atoms with Gasteiger partial charge < -0.3 is 9.47 Å². The molecule has 2 aromatic carbocycles. The molecular formula is C25H30O4. The van der Waals surface area contributed by atoms with Gasteiger partial charge in [-0.25, -0.2) is 4.79 Å². The van der Waals surface area contributed by atoms with E-state index in [1.165, 1.54) is 6.08 Å². The van der Waals surface area contributed by atoms with Crippen LogP contribution in [0.25, 0.3) is 17.2 Å². The highest BCUT2D eigenvalue weighted by atomic mass is 16.6. The van der Waals surface area contributed by atoms with E-state index in [-0.39, 0.29) is 11.9 Å². The van der Waals surface area contributed by atoms with Gasteiger partial charge in [0.15, 0.2) is 0 Å². The van der Waals surface area contributed by atoms with E-state index in [2.05, 4.69) is 0 Å². The van der Waals surface area contributed by atoms with Gasteiger partial charge in [0.05, 0.1) is 6.61 Å². The average molecular weight is 395 g/mol. The molecule has 0 fully saturated rings. The average Bonchev–Trinajstić information content (AvgIpc) is 2.66. The summed E-state index contributed by atoms with van der Waals surface area (Å²) in [5.41, 5.74) is 3.62. The lowest BCUT2D eigenvalue weighted by Gasteiger charge is -2.18. The molecule has 0 radical (unpaired) electrons. The predicted molar refractivity (Wildman–Crippen MR) is 116 cm³/mol. The van der Waals surface area contributed by atoms with E-state index >= 15 is 0 Å². The molecule has 2 aromatic rings. The standard InChI is InChI=1S/C25H30O4/c1-5-28-23(26)16-10-14-20-13-9-15-21(19-11-7-6-8-12-19)22(20)17-18-24(27)29-25(2,3)4/h6-9,11-13,15,17-18H,5,10,14,16H2,1-4H3/b18-17+. The minimum absolute atomic E-state index is 0.183. The van der Waals surface area contributed by atoms with Crippen LogP contribution in [0.1, 0.15) is 51.7 Å². The number of esters is 2. The summed E-state index contributed by atoms with van der Waals surface area (Å²) in [6, 6.07) is 16.1. The van der Waals surface area contributed by atoms with Crippen LogP contribution >= 0.6 is 0 Å². The molecule has 2 rings (SSSR count). The highest BCUT2D eigenvalue weighted by molar-refractivity contribution is 5.90. The number of aryl methyl sites for hydroxylation is 1. The van der Waals surface area contributed by atoms with E-state index < -0.39 is 5.60 Å². The summed E-state index contributed by atoms with van der Waals surface area (Å²) < 4.78 is 10.4. The Balaban J connectivity index is 2.30. The van der Waals surface area contributed by atoms with Gasteiger partial charge in [0, 0.05) is 12.5 Å². The largest absolute Gasteiger partial charge is 0.466 e. The van der Waals surface area contributed by atoms with Gasteiger partial charge in [0.25, 0.3) is 0 Å². The van der Waals surface area contributed by atoms with E-state index in [0.717, 1.165) is 22.3 Å². The van der Waals surface area contributed by atoms with Crippen molar-refractivity contribution in [2.75, 3.05) is 6.61 Å². The monoisotopic (exact) mass is 394 g/mol. The van der Waals surface area contributed by atoms with Crippen LogP contribution in [-0.4, -0.2) is 24.1 Å². The van der Waals surface area contributed by atoms with Crippen molar-refractivity contribution in [3.63, 3.8) is 0 Å². The van der Waals surface area contributed by atoms with Crippen LogP contribution in [0, 0.1) is 0 Å². The SMILES string of the molecule is CCOC(=O)CCCc1cccc(-c2ccccc2)c1/C=C/C(=O)OC(C)(C)C. The maximum absolute atomic E-state index is 12.2. The summed E-state index contributed by atoms with van der Waals surface area (Å²) in [6.45, 7) is 7.74. The lowest BCUT2D eigenvalue weighted by molar-refractivity contribution is -0.148. The first-order valence-corrected chi connectivity index (χ1v) is 10.0. The van der Waals surface area contributed by atoms with Crippen molar-refractivity contribution in [3.8, 4) is 11.1 Å². The van der Waals surface area contributed by atoms with Crippen LogP contribution in [0.15, 0.2) is 54.6 Å². The molecule has 0 saturated heterocycles. The smallest absolute Gasteiger partial charge is 0.331 e. The van der Waals surface area contributed by atoms with E-state index in [1.54, 1.807) is 6.92 Å². The molecule has 0 spiro atoms. The van der Waals surface area contributed by atoms with Crippen molar-refractivity contribution < 1.29 is 19.1 Å². The second-order valence-corrected chi connectivity index (χ2v) is 7.77. The molecule has 4 nitrogen and oxygen atoms in total. The molecule has 0 atom stereocenters. The van der Waals surface area contributed by atoms with Crippen molar-refractivity contribution in [2.45, 2.75) is 52.6 Å². The number of ether oxygens (including phenoxy) is 2. The Bertz CT molecular complexity index is 845. The summed E-state index contributed by atoms with van der Waals surface area (Å²) in [6.07, 6.45) is 5.06. The van der Waals surface area contributed by atoms with Crippen LogP contribution in [0.5, 0.6) is 0 Å². The second-order valence-electron chi connectivity index (χ2n) is 7.77. The van der Waals surface area contributed by atoms with Crippen LogP contribution < -0.4 is 0 Å². The Morgan fingerprint density at radius 2 is 1.72 bits per heavy atom. The lowest BCUT2D eigenvalue weighted by atomic mass is 9.92. The maximum atomic E-state index is 12.2. The predicted octanol–water partition coefficient (Wildman–Crippen LogP) is 5.59. The fourth-order valence-electron chi connectivity index (χ4n) is 3.04. The van der Waals surface area contributed by atoms with Gasteiger partial charge in [-0.2, -0.15) is 0 Å². The third-order valence-electron chi connectivity index (χ3n) is 4.21. The van der Waals surface area contributed by atoms with Gasteiger partial charge in [-0.3, -0.25) is 4.79 Å². The van der Waals surface area contributed by atoms with Crippen LogP contribution in [-0.2, 0) is 25.5 Å². The van der Waals surface area contributed by atoms with Gasteiger partial charge in [0.2, 0.25) is 0 Å². The van der Waals surface area contributed by atoms with Crippen LogP contribution in [0.3, 0.4) is 0 Å². The van der Waals surface area contributed by atoms with Crippen LogP contribution in [0.2, 0.25) is 0 Å². The summed E-state index contributed by atoms with van der Waals surface area (Å²) in [7, 11) is 0. The number of hydrogen-bond acceptors (Lipinski definition) is 4. The van der Waals surface area contributed by atoms with Gasteiger partial charge in [0.1, 0.15) is 5.60 Å². The van der Waals surface area contributed by atoms with Gasteiger partial charge in [-0.1, -0.05) is 48.5 Å². The second kappa shape index (κ2) is 10.6. The van der Waals surface area contributed by atoms with E-state index in [1.807, 2.05) is 75.4 Å². The summed E-state index contributed by atoms with van der Waals surface area (Å²) >= 11 is 0. The summed E-state index contributed by atoms with van der Waals surface area (Å²) in [4.78, 5) is 23.9. The van der Waals surface area contributed by atoms with E-state index in [9.17, 15) is 9.59 Å². The fraction of sp³-hybridized carbons (Fsp3) is 0.360. The number of benzene rings is 2. The number of rotatable bonds is 8. The lowest BCUT2D eigenvalue weighted by Crippen LogP contribution is -2.22. The Kier molecular flexibility index (Phi) is 8.20. The van der Waals surface area contributed by atoms with Crippen molar-refractivity contribution in [2.24, 2.45) is 0 Å². The molecule has 0 unspecified atom stereocenters. The third-order valence-corrected chi connectivity index (χ3v) is 4.21. The number of carbonyl (C=O) groups excluding carboxylic acids is 2. The molecule has 0 N–H and O–H groups in total. The zero-order chi connectivity index (χ0) is 21.3. The zero-order valence-electron chi connectivity index (χ0n) is 17.7. The fourth-order valence-corrected chi connectivity index (χ4v) is 3.04. The highest BCUT2D eigenvalue weighted by Crippen LogP contribution is 2.28. The quantitative estimate of drug-likeness (QED) is 0.432. The highest BCUT2D eigenvalue weighted by Gasteiger charge is 2.15. The molecule has 0 bridgehead atoms. The Labute approximate surface area is 173 Å². The van der Waals surface area contributed by atoms with Crippen LogP contribution in [0.4, 0.5) is 0 Å². The first-order chi connectivity index (χ1) is 13.8. The van der Waals surface area contributed by atoms with Crippen molar-refractivity contribution in [3.05, 3.63) is 65.7 Å². The molecule has 29 heavy (non-hydrogen) atoms. The maximum Gasteiger partial charge on any atom is 0.331 e. The van der Waals surface area contributed by atoms with Crippen molar-refractivity contribution in [1.29, 1.82) is 0 Å². The van der Waals surface area contributed by atoms with E-state index in [4.69, 9.17) is 9.47 Å². The minimum atomic E-state index is -0.539. The van der Waals surface area contributed by atoms with Crippen molar-refractivity contribution >= 4 is 18.0 Å². The summed E-state index contributed by atoms with van der Waals surface area (Å²) in [5.74, 6) is -0.560. The molecule has 0 aliphatic rings. The first kappa shape index (κ1) is 22.4. The molecular weight excluding hydrogens is 364 g/mol. The minimum Gasteiger partial charge on any atom is -0.466 e. The number of hydrogen-bond donors (Lipinski definition) is 0. The van der Waals surface area contributed by atoms with Gasteiger partial charge in [-0.15, -0.1) is 0 Å². The normalized spacial score (nSPS) is 11.4. The molecule has 0 saturated carbocycles. The summed E-state index contributed by atoms with van der Waals surface area (Å²) in [5, 5.41) is 0. The zero-order valence-corrected chi connectivity index (χ0v) is 17.7. The van der Waals surface area contributed by atoms with Crippen molar-refractivity contribution in [1.82, 2.24) is 0 Å².